The second kappa shape index (κ2) is 12.6. The standard InChI is InChI=1S/C14H17N5O.C11H15FN4O/c15-12(9-20)6-19(16)8-13-7-18-5-11(10-1-2-10)3-4-14(18)17-13;1-15-6-8-7(9(5-13)16-14)3-4-10(17-2)11(8)12/h3-7,9-10H,1-2,8,15-16H2;3-5,13,15H,6,14H2,1-2H3/b12-6-;13-5?,16-9+. The normalized spacial score (nSPS) is 13.6. The van der Waals surface area contributed by atoms with Gasteiger partial charge in [-0.15, -0.1) is 0 Å². The van der Waals surface area contributed by atoms with Gasteiger partial charge >= 0.3 is 0 Å². The van der Waals surface area contributed by atoms with Crippen molar-refractivity contribution in [1.29, 1.82) is 5.41 Å². The molecule has 0 aliphatic heterocycles. The van der Waals surface area contributed by atoms with Crippen LogP contribution >= 0.6 is 0 Å². The monoisotopic (exact) mass is 509 g/mol. The smallest absolute Gasteiger partial charge is 0.170 e. The fourth-order valence-electron chi connectivity index (χ4n) is 3.78. The van der Waals surface area contributed by atoms with Crippen LogP contribution in [0.5, 0.6) is 5.75 Å². The number of hydrazine groups is 1. The maximum absolute atomic E-state index is 14.0. The Bertz CT molecular complexity index is 1310. The highest BCUT2D eigenvalue weighted by Gasteiger charge is 2.23. The maximum Gasteiger partial charge on any atom is 0.170 e. The molecule has 4 rings (SSSR count). The molecule has 0 bridgehead atoms. The molecule has 0 spiro atoms. The average Bonchev–Trinajstić information content (AvgIpc) is 3.66. The minimum atomic E-state index is -0.470. The molecule has 1 aliphatic rings. The molecule has 1 aliphatic carbocycles. The number of fused-ring (bicyclic) bond motifs is 1. The third kappa shape index (κ3) is 6.90. The zero-order valence-corrected chi connectivity index (χ0v) is 20.8. The number of pyridine rings is 1. The molecule has 196 valence electrons. The number of carbonyl (C=O) groups excluding carboxylic acids is 1. The number of nitrogens with one attached hydrogen (secondary N) is 2. The van der Waals surface area contributed by atoms with Crippen molar-refractivity contribution in [2.75, 3.05) is 14.2 Å². The predicted molar refractivity (Wildman–Crippen MR) is 140 cm³/mol. The molecule has 1 fully saturated rings. The van der Waals surface area contributed by atoms with E-state index in [9.17, 15) is 9.18 Å². The quantitative estimate of drug-likeness (QED) is 0.0903. The molecule has 0 amide bonds. The number of carbonyl (C=O) groups is 1. The van der Waals surface area contributed by atoms with Gasteiger partial charge in [0, 0.05) is 42.5 Å². The second-order valence-electron chi connectivity index (χ2n) is 8.45. The van der Waals surface area contributed by atoms with Crippen molar-refractivity contribution >= 4 is 23.9 Å². The molecule has 2 heterocycles. The number of ether oxygens (including phenoxy) is 1. The third-order valence-corrected chi connectivity index (χ3v) is 5.70. The molecule has 0 unspecified atom stereocenters. The van der Waals surface area contributed by atoms with Crippen LogP contribution in [0.3, 0.4) is 0 Å². The lowest BCUT2D eigenvalue weighted by atomic mass is 10.0. The summed E-state index contributed by atoms with van der Waals surface area (Å²) in [5, 5.41) is 14.8. The molecule has 0 radical (unpaired) electrons. The van der Waals surface area contributed by atoms with Gasteiger partial charge in [0.15, 0.2) is 17.9 Å². The Morgan fingerprint density at radius 2 is 2.11 bits per heavy atom. The summed E-state index contributed by atoms with van der Waals surface area (Å²) < 4.78 is 20.9. The Morgan fingerprint density at radius 3 is 2.70 bits per heavy atom. The van der Waals surface area contributed by atoms with Crippen molar-refractivity contribution in [1.82, 2.24) is 19.7 Å². The van der Waals surface area contributed by atoms with Gasteiger partial charge in [0.1, 0.15) is 11.4 Å². The van der Waals surface area contributed by atoms with E-state index in [0.29, 0.717) is 36.4 Å². The van der Waals surface area contributed by atoms with E-state index in [1.54, 1.807) is 13.1 Å². The van der Waals surface area contributed by atoms with Gasteiger partial charge in [0.2, 0.25) is 0 Å². The summed E-state index contributed by atoms with van der Waals surface area (Å²) in [5.74, 6) is 11.3. The topological polar surface area (TPSA) is 173 Å². The Balaban J connectivity index is 0.000000209. The molecule has 1 aromatic carbocycles. The third-order valence-electron chi connectivity index (χ3n) is 5.70. The van der Waals surface area contributed by atoms with E-state index in [2.05, 4.69) is 27.7 Å². The van der Waals surface area contributed by atoms with Gasteiger partial charge in [-0.3, -0.25) is 4.79 Å². The van der Waals surface area contributed by atoms with Crippen LogP contribution in [0.15, 0.2) is 53.7 Å². The lowest BCUT2D eigenvalue weighted by Gasteiger charge is -2.12. The Labute approximate surface area is 214 Å². The number of aromatic nitrogens is 2. The number of halogens is 1. The largest absolute Gasteiger partial charge is 0.494 e. The zero-order chi connectivity index (χ0) is 26.9. The van der Waals surface area contributed by atoms with E-state index in [1.165, 1.54) is 42.8 Å². The first-order chi connectivity index (χ1) is 17.8. The first-order valence-electron chi connectivity index (χ1n) is 11.5. The minimum Gasteiger partial charge on any atom is -0.494 e. The fourth-order valence-corrected chi connectivity index (χ4v) is 3.78. The summed E-state index contributed by atoms with van der Waals surface area (Å²) in [6, 6.07) is 7.27. The summed E-state index contributed by atoms with van der Waals surface area (Å²) in [4.78, 5) is 14.9. The molecule has 3 aromatic rings. The highest BCUT2D eigenvalue weighted by atomic mass is 19.1. The molecular weight excluding hydrogens is 477 g/mol. The lowest BCUT2D eigenvalue weighted by Crippen LogP contribution is -2.26. The van der Waals surface area contributed by atoms with Crippen LogP contribution in [-0.2, 0) is 17.9 Å². The van der Waals surface area contributed by atoms with Crippen LogP contribution in [0.4, 0.5) is 4.39 Å². The number of nitrogens with two attached hydrogens (primary N) is 3. The van der Waals surface area contributed by atoms with Crippen LogP contribution in [-0.4, -0.2) is 46.8 Å². The van der Waals surface area contributed by atoms with Crippen molar-refractivity contribution in [2.24, 2.45) is 22.5 Å². The van der Waals surface area contributed by atoms with Crippen LogP contribution < -0.4 is 27.5 Å². The molecule has 8 N–H and O–H groups in total. The Morgan fingerprint density at radius 1 is 1.35 bits per heavy atom. The first kappa shape index (κ1) is 27.3. The number of imidazole rings is 1. The SMILES string of the molecule is CNCc1c(/C(C=N)=N/N)ccc(OC)c1F.N/C(C=O)=C\N(N)Cc1cn2cc(C3CC3)ccc2n1. The molecule has 11 nitrogen and oxygen atoms in total. The van der Waals surface area contributed by atoms with Gasteiger partial charge in [0.05, 0.1) is 25.0 Å². The highest BCUT2D eigenvalue weighted by Crippen LogP contribution is 2.39. The molecule has 0 atom stereocenters. The summed E-state index contributed by atoms with van der Waals surface area (Å²) in [5.41, 5.74) is 9.65. The van der Waals surface area contributed by atoms with Crippen LogP contribution in [0.2, 0.25) is 0 Å². The van der Waals surface area contributed by atoms with E-state index in [-0.39, 0.29) is 17.2 Å². The van der Waals surface area contributed by atoms with Gasteiger partial charge in [-0.2, -0.15) is 5.10 Å². The average molecular weight is 510 g/mol. The molecule has 12 heteroatoms. The number of rotatable bonds is 10. The minimum absolute atomic E-state index is 0.0901. The van der Waals surface area contributed by atoms with E-state index >= 15 is 0 Å². The molecular formula is C25H32FN9O2. The molecule has 2 aromatic heterocycles. The number of methoxy groups -OCH3 is 1. The van der Waals surface area contributed by atoms with Crippen molar-refractivity contribution in [3.05, 3.63) is 76.8 Å². The number of allylic oxidation sites excluding steroid dienone is 1. The van der Waals surface area contributed by atoms with Gasteiger partial charge in [-0.05, 0) is 49.6 Å². The first-order valence-corrected chi connectivity index (χ1v) is 11.5. The van der Waals surface area contributed by atoms with Crippen LogP contribution in [0, 0.1) is 11.2 Å². The lowest BCUT2D eigenvalue weighted by molar-refractivity contribution is -0.105. The maximum atomic E-state index is 14.0. The van der Waals surface area contributed by atoms with Crippen LogP contribution in [0.25, 0.3) is 5.65 Å². The van der Waals surface area contributed by atoms with Gasteiger partial charge in [-0.25, -0.2) is 15.2 Å². The Kier molecular flexibility index (Phi) is 9.30. The number of benzene rings is 1. The van der Waals surface area contributed by atoms with Crippen molar-refractivity contribution in [2.45, 2.75) is 31.8 Å². The summed E-state index contributed by atoms with van der Waals surface area (Å²) in [6.07, 6.45) is 9.57. The zero-order valence-electron chi connectivity index (χ0n) is 20.8. The van der Waals surface area contributed by atoms with E-state index in [4.69, 9.17) is 27.6 Å². The van der Waals surface area contributed by atoms with Crippen LogP contribution in [0.1, 0.15) is 41.1 Å². The number of aldehydes is 1. The summed E-state index contributed by atoms with van der Waals surface area (Å²) >= 11 is 0. The van der Waals surface area contributed by atoms with Crippen molar-refractivity contribution in [3.8, 4) is 5.75 Å². The highest BCUT2D eigenvalue weighted by molar-refractivity contribution is 6.37. The van der Waals surface area contributed by atoms with Gasteiger partial charge in [-0.1, -0.05) is 6.07 Å². The molecule has 0 saturated heterocycles. The fraction of sp³-hybridized carbons (Fsp3) is 0.280. The summed E-state index contributed by atoms with van der Waals surface area (Å²) in [7, 11) is 3.10. The molecule has 1 saturated carbocycles. The number of hydrogen-bond donors (Lipinski definition) is 5. The van der Waals surface area contributed by atoms with Crippen molar-refractivity contribution in [3.63, 3.8) is 0 Å². The summed E-state index contributed by atoms with van der Waals surface area (Å²) in [6.45, 7) is 0.695. The number of hydrazone groups is 1. The molecule has 37 heavy (non-hydrogen) atoms. The second-order valence-corrected chi connectivity index (χ2v) is 8.45. The van der Waals surface area contributed by atoms with E-state index < -0.39 is 5.82 Å². The van der Waals surface area contributed by atoms with E-state index in [1.807, 2.05) is 16.7 Å². The van der Waals surface area contributed by atoms with Gasteiger partial charge < -0.3 is 36.4 Å². The Hall–Kier alpha value is -4.29. The van der Waals surface area contributed by atoms with E-state index in [0.717, 1.165) is 17.6 Å². The van der Waals surface area contributed by atoms with Crippen molar-refractivity contribution < 1.29 is 13.9 Å². The number of hydrogen-bond acceptors (Lipinski definition) is 10. The van der Waals surface area contributed by atoms with Gasteiger partial charge in [0.25, 0.3) is 0 Å². The number of nitrogens with zero attached hydrogens (tertiary/aromatic N) is 4. The predicted octanol–water partition coefficient (Wildman–Crippen LogP) is 1.75.